The Labute approximate surface area is 146 Å². The molecule has 134 valence electrons. The summed E-state index contributed by atoms with van der Waals surface area (Å²) in [6.07, 6.45) is -0.841. The zero-order chi connectivity index (χ0) is 18.4. The molecule has 0 saturated heterocycles. The molecule has 1 atom stereocenters. The molecule has 0 aliphatic heterocycles. The van der Waals surface area contributed by atoms with E-state index in [-0.39, 0.29) is 12.3 Å². The van der Waals surface area contributed by atoms with Crippen LogP contribution in [-0.2, 0) is 20.7 Å². The fourth-order valence-electron chi connectivity index (χ4n) is 2.21. The van der Waals surface area contributed by atoms with Gasteiger partial charge in [0.2, 0.25) is 0 Å². The number of nitrogens with zero attached hydrogens (tertiary/aromatic N) is 1. The van der Waals surface area contributed by atoms with Crippen molar-refractivity contribution in [3.05, 3.63) is 41.7 Å². The molecule has 0 saturated carbocycles. The SMILES string of the molecule is COc1ccc(CC(=O)OC(C(=O)Nc2cc(C)on2)C(C)C)cc1. The number of hydrogen-bond donors (Lipinski definition) is 1. The molecule has 1 N–H and O–H groups in total. The number of ether oxygens (including phenoxy) is 2. The third kappa shape index (κ3) is 5.34. The highest BCUT2D eigenvalue weighted by atomic mass is 16.5. The Bertz CT molecular complexity index is 721. The molecule has 0 aliphatic carbocycles. The van der Waals surface area contributed by atoms with Crippen LogP contribution in [0.2, 0.25) is 0 Å². The Morgan fingerprint density at radius 1 is 1.24 bits per heavy atom. The standard InChI is InChI=1S/C18H22N2O5/c1-11(2)17(18(22)19-15-9-12(3)25-20-15)24-16(21)10-13-5-7-14(23-4)8-6-13/h5-9,11,17H,10H2,1-4H3,(H,19,20,22). The largest absolute Gasteiger partial charge is 0.497 e. The lowest BCUT2D eigenvalue weighted by atomic mass is 10.1. The van der Waals surface area contributed by atoms with E-state index < -0.39 is 18.0 Å². The van der Waals surface area contributed by atoms with Crippen LogP contribution in [0, 0.1) is 12.8 Å². The Kier molecular flexibility index (Phi) is 6.16. The molecule has 1 unspecified atom stereocenters. The fraction of sp³-hybridized carbons (Fsp3) is 0.389. The molecule has 7 nitrogen and oxygen atoms in total. The molecule has 1 aromatic heterocycles. The summed E-state index contributed by atoms with van der Waals surface area (Å²) in [7, 11) is 1.57. The number of nitrogens with one attached hydrogen (secondary N) is 1. The third-order valence-electron chi connectivity index (χ3n) is 3.51. The highest BCUT2D eigenvalue weighted by molar-refractivity contribution is 5.94. The Morgan fingerprint density at radius 2 is 1.92 bits per heavy atom. The summed E-state index contributed by atoms with van der Waals surface area (Å²) in [5.41, 5.74) is 0.779. The van der Waals surface area contributed by atoms with E-state index in [0.29, 0.717) is 17.3 Å². The van der Waals surface area contributed by atoms with E-state index >= 15 is 0 Å². The first kappa shape index (κ1) is 18.5. The van der Waals surface area contributed by atoms with Crippen LogP contribution in [0.1, 0.15) is 25.2 Å². The van der Waals surface area contributed by atoms with Crippen molar-refractivity contribution in [2.45, 2.75) is 33.3 Å². The molecular formula is C18H22N2O5. The smallest absolute Gasteiger partial charge is 0.311 e. The second kappa shape index (κ2) is 8.32. The van der Waals surface area contributed by atoms with Gasteiger partial charge in [0.05, 0.1) is 13.5 Å². The third-order valence-corrected chi connectivity index (χ3v) is 3.51. The van der Waals surface area contributed by atoms with Gasteiger partial charge in [-0.1, -0.05) is 31.1 Å². The number of carbonyl (C=O) groups excluding carboxylic acids is 2. The number of esters is 1. The lowest BCUT2D eigenvalue weighted by Gasteiger charge is -2.20. The van der Waals surface area contributed by atoms with Gasteiger partial charge in [-0.3, -0.25) is 9.59 Å². The van der Waals surface area contributed by atoms with E-state index in [2.05, 4.69) is 10.5 Å². The summed E-state index contributed by atoms with van der Waals surface area (Å²) < 4.78 is 15.4. The molecule has 0 fully saturated rings. The summed E-state index contributed by atoms with van der Waals surface area (Å²) in [5.74, 6) is 0.473. The van der Waals surface area contributed by atoms with Crippen molar-refractivity contribution < 1.29 is 23.6 Å². The highest BCUT2D eigenvalue weighted by Crippen LogP contribution is 2.15. The number of aromatic nitrogens is 1. The summed E-state index contributed by atoms with van der Waals surface area (Å²) in [5, 5.41) is 6.29. The number of amides is 1. The maximum absolute atomic E-state index is 12.3. The van der Waals surface area contributed by atoms with Crippen LogP contribution in [-0.4, -0.2) is 30.2 Å². The van der Waals surface area contributed by atoms with Crippen LogP contribution < -0.4 is 10.1 Å². The van der Waals surface area contributed by atoms with Gasteiger partial charge in [0.1, 0.15) is 11.5 Å². The van der Waals surface area contributed by atoms with Gasteiger partial charge in [0.25, 0.3) is 5.91 Å². The van der Waals surface area contributed by atoms with E-state index in [1.807, 2.05) is 0 Å². The van der Waals surface area contributed by atoms with Crippen LogP contribution in [0.15, 0.2) is 34.9 Å². The van der Waals surface area contributed by atoms with Gasteiger partial charge in [-0.25, -0.2) is 0 Å². The van der Waals surface area contributed by atoms with Crippen molar-refractivity contribution in [2.75, 3.05) is 12.4 Å². The van der Waals surface area contributed by atoms with Crippen molar-refractivity contribution in [1.82, 2.24) is 5.16 Å². The molecule has 2 rings (SSSR count). The number of benzene rings is 1. The first-order chi connectivity index (χ1) is 11.9. The van der Waals surface area contributed by atoms with Gasteiger partial charge in [-0.2, -0.15) is 0 Å². The van der Waals surface area contributed by atoms with Crippen molar-refractivity contribution in [2.24, 2.45) is 5.92 Å². The summed E-state index contributed by atoms with van der Waals surface area (Å²) in [6, 6.07) is 8.68. The molecule has 0 spiro atoms. The molecule has 0 bridgehead atoms. The minimum atomic E-state index is -0.914. The topological polar surface area (TPSA) is 90.7 Å². The molecule has 0 radical (unpaired) electrons. The lowest BCUT2D eigenvalue weighted by molar-refractivity contribution is -0.156. The number of methoxy groups -OCH3 is 1. The quantitative estimate of drug-likeness (QED) is 0.775. The number of hydrogen-bond acceptors (Lipinski definition) is 6. The number of anilines is 1. The molecular weight excluding hydrogens is 324 g/mol. The second-order valence-corrected chi connectivity index (χ2v) is 5.99. The van der Waals surface area contributed by atoms with E-state index in [0.717, 1.165) is 5.56 Å². The summed E-state index contributed by atoms with van der Waals surface area (Å²) >= 11 is 0. The fourth-order valence-corrected chi connectivity index (χ4v) is 2.21. The van der Waals surface area contributed by atoms with Crippen molar-refractivity contribution in [3.8, 4) is 5.75 Å². The maximum Gasteiger partial charge on any atom is 0.311 e. The summed E-state index contributed by atoms with van der Waals surface area (Å²) in [4.78, 5) is 24.5. The molecule has 25 heavy (non-hydrogen) atoms. The van der Waals surface area contributed by atoms with Crippen molar-refractivity contribution in [3.63, 3.8) is 0 Å². The molecule has 1 amide bonds. The van der Waals surface area contributed by atoms with Gasteiger partial charge < -0.3 is 19.3 Å². The van der Waals surface area contributed by atoms with Gasteiger partial charge in [0.15, 0.2) is 11.9 Å². The highest BCUT2D eigenvalue weighted by Gasteiger charge is 2.27. The average molecular weight is 346 g/mol. The predicted octanol–water partition coefficient (Wildman–Crippen LogP) is 2.74. The molecule has 0 aliphatic rings. The normalized spacial score (nSPS) is 11.9. The monoisotopic (exact) mass is 346 g/mol. The minimum absolute atomic E-state index is 0.0730. The van der Waals surface area contributed by atoms with Crippen LogP contribution in [0.3, 0.4) is 0 Å². The number of aryl methyl sites for hydroxylation is 1. The van der Waals surface area contributed by atoms with Gasteiger partial charge in [0, 0.05) is 6.07 Å². The maximum atomic E-state index is 12.3. The van der Waals surface area contributed by atoms with Crippen LogP contribution in [0.5, 0.6) is 5.75 Å². The second-order valence-electron chi connectivity index (χ2n) is 5.99. The Morgan fingerprint density at radius 3 is 2.44 bits per heavy atom. The first-order valence-corrected chi connectivity index (χ1v) is 7.95. The van der Waals surface area contributed by atoms with Gasteiger partial charge >= 0.3 is 5.97 Å². The van der Waals surface area contributed by atoms with Crippen molar-refractivity contribution >= 4 is 17.7 Å². The zero-order valence-corrected chi connectivity index (χ0v) is 14.7. The van der Waals surface area contributed by atoms with Gasteiger partial charge in [-0.05, 0) is 30.5 Å². The van der Waals surface area contributed by atoms with Crippen molar-refractivity contribution in [1.29, 1.82) is 0 Å². The van der Waals surface area contributed by atoms with E-state index in [1.54, 1.807) is 58.2 Å². The Balaban J connectivity index is 1.97. The predicted molar refractivity (Wildman–Crippen MR) is 91.3 cm³/mol. The molecule has 1 heterocycles. The molecule has 2 aromatic rings. The Hall–Kier alpha value is -2.83. The summed E-state index contributed by atoms with van der Waals surface area (Å²) in [6.45, 7) is 5.33. The number of rotatable bonds is 7. The van der Waals surface area contributed by atoms with Crippen LogP contribution in [0.25, 0.3) is 0 Å². The minimum Gasteiger partial charge on any atom is -0.497 e. The lowest BCUT2D eigenvalue weighted by Crippen LogP contribution is -2.37. The first-order valence-electron chi connectivity index (χ1n) is 7.95. The van der Waals surface area contributed by atoms with E-state index in [1.165, 1.54) is 0 Å². The van der Waals surface area contributed by atoms with E-state index in [4.69, 9.17) is 14.0 Å². The van der Waals surface area contributed by atoms with Gasteiger partial charge in [-0.15, -0.1) is 0 Å². The zero-order valence-electron chi connectivity index (χ0n) is 14.7. The van der Waals surface area contributed by atoms with Crippen LogP contribution >= 0.6 is 0 Å². The number of carbonyl (C=O) groups is 2. The average Bonchev–Trinajstić information content (AvgIpc) is 2.97. The molecule has 7 heteroatoms. The van der Waals surface area contributed by atoms with E-state index in [9.17, 15) is 9.59 Å². The van der Waals surface area contributed by atoms with Crippen LogP contribution in [0.4, 0.5) is 5.82 Å². The molecule has 1 aromatic carbocycles.